The van der Waals surface area contributed by atoms with Crippen LogP contribution in [0.4, 0.5) is 0 Å². The number of rotatable bonds is 4. The Kier molecular flexibility index (Phi) is 9.12. The maximum Gasteiger partial charge on any atom is 0.171 e. The highest BCUT2D eigenvalue weighted by Crippen LogP contribution is 2.54. The van der Waals surface area contributed by atoms with Gasteiger partial charge in [-0.2, -0.15) is 0 Å². The fourth-order valence-electron chi connectivity index (χ4n) is 7.54. The van der Waals surface area contributed by atoms with Gasteiger partial charge in [0.1, 0.15) is 0 Å². The van der Waals surface area contributed by atoms with Gasteiger partial charge in [0.2, 0.25) is 0 Å². The van der Waals surface area contributed by atoms with Crippen LogP contribution in [-0.4, -0.2) is 18.8 Å². The molecule has 0 atom stereocenters. The third-order valence-electron chi connectivity index (χ3n) is 9.71. The quantitative estimate of drug-likeness (QED) is 0.172. The molecule has 6 aromatic carbocycles. The van der Waals surface area contributed by atoms with E-state index in [1.807, 2.05) is 0 Å². The van der Waals surface area contributed by atoms with E-state index >= 15 is 0 Å². The molecular weight excluding hydrogens is 641 g/mol. The van der Waals surface area contributed by atoms with Crippen molar-refractivity contribution in [3.63, 3.8) is 0 Å². The van der Waals surface area contributed by atoms with Gasteiger partial charge in [-0.25, -0.2) is 0 Å². The summed E-state index contributed by atoms with van der Waals surface area (Å²) in [6.07, 6.45) is 0. The van der Waals surface area contributed by atoms with Gasteiger partial charge in [-0.1, -0.05) is 159 Å². The zero-order valence-corrected chi connectivity index (χ0v) is 31.8. The number of benzene rings is 6. The van der Waals surface area contributed by atoms with Crippen molar-refractivity contribution >= 4 is 51.3 Å². The summed E-state index contributed by atoms with van der Waals surface area (Å²) in [6, 6.07) is 45.4. The van der Waals surface area contributed by atoms with E-state index in [0.29, 0.717) is 0 Å². The largest absolute Gasteiger partial charge is 0.493 e. The molecule has 0 radical (unpaired) electrons. The smallest absolute Gasteiger partial charge is 0.171 e. The number of para-hydroxylation sites is 2. The van der Waals surface area contributed by atoms with Crippen molar-refractivity contribution < 1.29 is 9.47 Å². The molecule has 0 spiro atoms. The van der Waals surface area contributed by atoms with E-state index in [0.717, 1.165) is 44.4 Å². The van der Waals surface area contributed by atoms with Crippen LogP contribution in [0.5, 0.6) is 11.5 Å². The highest BCUT2D eigenvalue weighted by molar-refractivity contribution is 7.36. The van der Waals surface area contributed by atoms with Crippen LogP contribution < -0.4 is 9.47 Å². The molecule has 0 N–H and O–H groups in total. The Labute approximate surface area is 303 Å². The van der Waals surface area contributed by atoms with Crippen molar-refractivity contribution in [1.29, 1.82) is 0 Å². The van der Waals surface area contributed by atoms with E-state index in [9.17, 15) is 0 Å². The molecule has 4 heteroatoms. The molecule has 0 bridgehead atoms. The fraction of sp³-hybridized carbons (Fsp3) is 0.213. The van der Waals surface area contributed by atoms with Crippen molar-refractivity contribution in [2.24, 2.45) is 0 Å². The van der Waals surface area contributed by atoms with E-state index in [1.54, 1.807) is 14.2 Å². The molecular formula is C47H46NO2P. The second kappa shape index (κ2) is 13.5. The third kappa shape index (κ3) is 6.15. The molecule has 8 rings (SSSR count). The monoisotopic (exact) mass is 687 g/mol. The minimum atomic E-state index is -0.206. The lowest BCUT2D eigenvalue weighted by Crippen LogP contribution is -2.17. The molecule has 0 amide bonds. The van der Waals surface area contributed by atoms with Crippen LogP contribution >= 0.6 is 8.19 Å². The predicted molar refractivity (Wildman–Crippen MR) is 221 cm³/mol. The summed E-state index contributed by atoms with van der Waals surface area (Å²) in [5.74, 6) is 3.76. The molecule has 0 saturated carbocycles. The number of ether oxygens (including phenoxy) is 2. The first kappa shape index (κ1) is 34.3. The minimum Gasteiger partial charge on any atom is -0.493 e. The van der Waals surface area contributed by atoms with Crippen LogP contribution in [0.3, 0.4) is 0 Å². The lowest BCUT2D eigenvalue weighted by atomic mass is 9.79. The molecule has 0 fully saturated rings. The van der Waals surface area contributed by atoms with Crippen molar-refractivity contribution in [3.8, 4) is 28.3 Å². The van der Waals surface area contributed by atoms with Crippen LogP contribution in [0.2, 0.25) is 0 Å². The van der Waals surface area contributed by atoms with E-state index in [-0.39, 0.29) is 10.8 Å². The number of methoxy groups -OCH3 is 2. The van der Waals surface area contributed by atoms with Crippen LogP contribution in [0.15, 0.2) is 133 Å². The third-order valence-corrected chi connectivity index (χ3v) is 10.7. The van der Waals surface area contributed by atoms with Gasteiger partial charge in [-0.05, 0) is 62.1 Å². The summed E-state index contributed by atoms with van der Waals surface area (Å²) in [5, 5.41) is 7.70. The zero-order valence-electron chi connectivity index (χ0n) is 30.9. The van der Waals surface area contributed by atoms with Crippen molar-refractivity contribution in [2.75, 3.05) is 14.2 Å². The van der Waals surface area contributed by atoms with E-state index in [4.69, 9.17) is 9.47 Å². The Bertz CT molecular complexity index is 2460. The van der Waals surface area contributed by atoms with Crippen molar-refractivity contribution in [2.45, 2.75) is 52.4 Å². The summed E-state index contributed by atoms with van der Waals surface area (Å²) in [7, 11) is 4.81. The second-order valence-electron chi connectivity index (χ2n) is 15.1. The average Bonchev–Trinajstić information content (AvgIpc) is 3.48. The number of nitrogens with zero attached hydrogens (tertiary/aromatic N) is 1. The maximum atomic E-state index is 6.19. The Balaban J connectivity index is 0.000000239. The van der Waals surface area contributed by atoms with Crippen molar-refractivity contribution in [3.05, 3.63) is 144 Å². The summed E-state index contributed by atoms with van der Waals surface area (Å²) < 4.78 is 14.8. The summed E-state index contributed by atoms with van der Waals surface area (Å²) in [6.45, 7) is 13.6. The average molecular weight is 688 g/mol. The second-order valence-corrected chi connectivity index (χ2v) is 16.2. The molecule has 51 heavy (non-hydrogen) atoms. The highest BCUT2D eigenvalue weighted by atomic mass is 31.0. The summed E-state index contributed by atoms with van der Waals surface area (Å²) in [5.41, 5.74) is 8.02. The molecule has 0 saturated heterocycles. The van der Waals surface area contributed by atoms with Crippen LogP contribution in [-0.2, 0) is 10.8 Å². The van der Waals surface area contributed by atoms with Gasteiger partial charge < -0.3 is 14.0 Å². The first-order valence-electron chi connectivity index (χ1n) is 17.6. The van der Waals surface area contributed by atoms with Gasteiger partial charge in [-0.15, -0.1) is 0 Å². The number of hydrogen-bond donors (Lipinski definition) is 0. The summed E-state index contributed by atoms with van der Waals surface area (Å²) in [4.78, 5) is 0. The lowest BCUT2D eigenvalue weighted by molar-refractivity contribution is 0.349. The van der Waals surface area contributed by atoms with Gasteiger partial charge in [0.25, 0.3) is 0 Å². The van der Waals surface area contributed by atoms with Gasteiger partial charge in [-0.3, -0.25) is 0 Å². The van der Waals surface area contributed by atoms with E-state index < -0.39 is 0 Å². The Morgan fingerprint density at radius 3 is 1.88 bits per heavy atom. The number of hydrogen-bond acceptors (Lipinski definition) is 2. The zero-order chi connectivity index (χ0) is 35.9. The molecule has 8 aromatic rings. The Morgan fingerprint density at radius 2 is 1.18 bits per heavy atom. The molecule has 2 heterocycles. The van der Waals surface area contributed by atoms with E-state index in [1.165, 1.54) is 46.3 Å². The maximum absolute atomic E-state index is 6.19. The Hall–Kier alpha value is -5.11. The fourth-order valence-corrected chi connectivity index (χ4v) is 8.37. The minimum absolute atomic E-state index is 0.0371. The first-order valence-corrected chi connectivity index (χ1v) is 18.6. The first-order chi connectivity index (χ1) is 24.5. The highest BCUT2D eigenvalue weighted by Gasteiger charge is 2.33. The van der Waals surface area contributed by atoms with Crippen LogP contribution in [0, 0.1) is 0 Å². The molecule has 0 aliphatic carbocycles. The van der Waals surface area contributed by atoms with Crippen LogP contribution in [0.1, 0.15) is 52.7 Å². The van der Waals surface area contributed by atoms with Gasteiger partial charge in [0.15, 0.2) is 11.5 Å². The normalized spacial score (nSPS) is 12.1. The number of aromatic nitrogens is 1. The SMILES string of the molecule is COc1c(C(C)(C)C)c(-c2ccccc2)c2c(c1OC)c1ccccc1n2-c1ccccc1C(C)(C)C.c1ccc2c(c1)ccc1pcccc12. The Morgan fingerprint density at radius 1 is 0.549 bits per heavy atom. The standard InChI is InChI=1S/C34H37NO2.C13H9P/c1-33(2,3)24-19-13-15-21-26(24)35-25-20-14-12-18-23(25)28-30(35)27(22-16-10-9-11-17-22)29(34(4,5)6)32(37-8)31(28)36-7;1-2-5-11-10(4-1)7-8-13-12(11)6-3-9-14-13/h9-21H,1-8H3;1-9H. The molecule has 2 aromatic heterocycles. The van der Waals surface area contributed by atoms with Gasteiger partial charge >= 0.3 is 0 Å². The topological polar surface area (TPSA) is 23.4 Å². The summed E-state index contributed by atoms with van der Waals surface area (Å²) >= 11 is 0. The lowest BCUT2D eigenvalue weighted by Gasteiger charge is -2.29. The van der Waals surface area contributed by atoms with E-state index in [2.05, 4.69) is 179 Å². The van der Waals surface area contributed by atoms with Crippen LogP contribution in [0.25, 0.3) is 59.9 Å². The number of fused-ring (bicyclic) bond motifs is 6. The van der Waals surface area contributed by atoms with Crippen molar-refractivity contribution in [1.82, 2.24) is 4.57 Å². The molecule has 256 valence electrons. The molecule has 0 unspecified atom stereocenters. The predicted octanol–water partition coefficient (Wildman–Crippen LogP) is 13.6. The van der Waals surface area contributed by atoms with Gasteiger partial charge in [0, 0.05) is 27.3 Å². The molecule has 0 aliphatic heterocycles. The molecule has 3 nitrogen and oxygen atoms in total. The van der Waals surface area contributed by atoms with Gasteiger partial charge in [0.05, 0.1) is 30.6 Å². The molecule has 0 aliphatic rings.